The first-order valence-electron chi connectivity index (χ1n) is 7.20. The van der Waals surface area contributed by atoms with Crippen LogP contribution in [0.1, 0.15) is 12.0 Å². The number of fused-ring (bicyclic) bond motifs is 1. The molecule has 2 aromatic carbocycles. The topological polar surface area (TPSA) is 80.5 Å². The Kier molecular flexibility index (Phi) is 3.88. The van der Waals surface area contributed by atoms with Crippen LogP contribution in [-0.4, -0.2) is 37.6 Å². The van der Waals surface area contributed by atoms with Gasteiger partial charge in [0.25, 0.3) is 0 Å². The minimum absolute atomic E-state index is 0.00342. The Morgan fingerprint density at radius 1 is 1.14 bits per heavy atom. The van der Waals surface area contributed by atoms with E-state index in [0.717, 1.165) is 10.9 Å². The fourth-order valence-corrected chi connectivity index (χ4v) is 3.59. The molecule has 1 saturated heterocycles. The van der Waals surface area contributed by atoms with Crippen LogP contribution in [0.2, 0.25) is 0 Å². The molecule has 0 aliphatic carbocycles. The lowest BCUT2D eigenvalue weighted by atomic mass is 10.1. The summed E-state index contributed by atoms with van der Waals surface area (Å²) in [4.78, 5) is 13.5. The first-order chi connectivity index (χ1) is 10.4. The molecule has 5 nitrogen and oxygen atoms in total. The number of primary sulfonamides is 1. The van der Waals surface area contributed by atoms with Crippen LogP contribution in [0.4, 0.5) is 0 Å². The number of rotatable bonds is 4. The fraction of sp³-hybridized carbons (Fsp3) is 0.312. The molecule has 1 aliphatic rings. The van der Waals surface area contributed by atoms with Gasteiger partial charge in [0.2, 0.25) is 15.9 Å². The maximum Gasteiger partial charge on any atom is 0.224 e. The summed E-state index contributed by atoms with van der Waals surface area (Å²) >= 11 is 0. The van der Waals surface area contributed by atoms with Crippen molar-refractivity contribution in [2.24, 2.45) is 5.14 Å². The van der Waals surface area contributed by atoms with E-state index in [9.17, 15) is 13.2 Å². The standard InChI is InChI=1S/C16H18N2O3S/c17-22(20,21)15-10-16(19)18(11-15)8-7-12-5-6-13-3-1-2-4-14(13)9-12/h1-6,9,15H,7-8,10-11H2,(H2,17,20,21). The molecule has 1 atom stereocenters. The number of carbonyl (C=O) groups is 1. The maximum absolute atomic E-state index is 11.9. The highest BCUT2D eigenvalue weighted by atomic mass is 32.2. The number of benzene rings is 2. The van der Waals surface area contributed by atoms with Crippen molar-refractivity contribution < 1.29 is 13.2 Å². The molecule has 116 valence electrons. The summed E-state index contributed by atoms with van der Waals surface area (Å²) in [5.41, 5.74) is 1.13. The predicted molar refractivity (Wildman–Crippen MR) is 85.7 cm³/mol. The van der Waals surface area contributed by atoms with Crippen molar-refractivity contribution in [2.75, 3.05) is 13.1 Å². The number of likely N-dealkylation sites (tertiary alicyclic amines) is 1. The highest BCUT2D eigenvalue weighted by molar-refractivity contribution is 7.89. The number of nitrogens with two attached hydrogens (primary N) is 1. The molecule has 0 radical (unpaired) electrons. The quantitative estimate of drug-likeness (QED) is 0.922. The van der Waals surface area contributed by atoms with E-state index in [2.05, 4.69) is 24.3 Å². The van der Waals surface area contributed by atoms with Gasteiger partial charge in [-0.3, -0.25) is 4.79 Å². The lowest BCUT2D eigenvalue weighted by molar-refractivity contribution is -0.127. The van der Waals surface area contributed by atoms with Gasteiger partial charge in [0, 0.05) is 19.5 Å². The van der Waals surface area contributed by atoms with Crippen molar-refractivity contribution in [1.82, 2.24) is 4.90 Å². The number of nitrogens with zero attached hydrogens (tertiary/aromatic N) is 1. The van der Waals surface area contributed by atoms with Crippen LogP contribution in [-0.2, 0) is 21.2 Å². The molecule has 3 rings (SSSR count). The molecule has 1 aliphatic heterocycles. The molecule has 0 saturated carbocycles. The highest BCUT2D eigenvalue weighted by Gasteiger charge is 2.35. The van der Waals surface area contributed by atoms with Gasteiger partial charge in [0.1, 0.15) is 5.25 Å². The van der Waals surface area contributed by atoms with Crippen LogP contribution in [0.25, 0.3) is 10.8 Å². The molecule has 2 N–H and O–H groups in total. The highest BCUT2D eigenvalue weighted by Crippen LogP contribution is 2.19. The first-order valence-corrected chi connectivity index (χ1v) is 8.81. The van der Waals surface area contributed by atoms with Gasteiger partial charge < -0.3 is 4.90 Å². The zero-order chi connectivity index (χ0) is 15.7. The minimum atomic E-state index is -3.64. The Morgan fingerprint density at radius 3 is 2.55 bits per heavy atom. The van der Waals surface area contributed by atoms with Gasteiger partial charge in [-0.2, -0.15) is 0 Å². The molecule has 1 fully saturated rings. The summed E-state index contributed by atoms with van der Waals surface area (Å²) in [5.74, 6) is -0.139. The van der Waals surface area contributed by atoms with Crippen LogP contribution < -0.4 is 5.14 Å². The van der Waals surface area contributed by atoms with Crippen LogP contribution in [0.3, 0.4) is 0 Å². The van der Waals surface area contributed by atoms with E-state index in [1.807, 2.05) is 18.2 Å². The van der Waals surface area contributed by atoms with Gasteiger partial charge in [-0.05, 0) is 22.8 Å². The number of carbonyl (C=O) groups excluding carboxylic acids is 1. The molecular formula is C16H18N2O3S. The zero-order valence-electron chi connectivity index (χ0n) is 12.1. The molecule has 0 bridgehead atoms. The van der Waals surface area contributed by atoms with Gasteiger partial charge >= 0.3 is 0 Å². The summed E-state index contributed by atoms with van der Waals surface area (Å²) in [7, 11) is -3.64. The smallest absolute Gasteiger partial charge is 0.224 e. The Balaban J connectivity index is 1.68. The molecular weight excluding hydrogens is 300 g/mol. The second-order valence-corrected chi connectivity index (χ2v) is 7.53. The molecule has 1 heterocycles. The first kappa shape index (κ1) is 15.0. The zero-order valence-corrected chi connectivity index (χ0v) is 12.9. The van der Waals surface area contributed by atoms with Crippen LogP contribution >= 0.6 is 0 Å². The van der Waals surface area contributed by atoms with Crippen LogP contribution in [0, 0.1) is 0 Å². The summed E-state index contributed by atoms with van der Waals surface area (Å²) in [6.45, 7) is 0.717. The lowest BCUT2D eigenvalue weighted by Gasteiger charge is -2.16. The van der Waals surface area contributed by atoms with E-state index in [-0.39, 0.29) is 18.9 Å². The second kappa shape index (κ2) is 5.70. The van der Waals surface area contributed by atoms with Crippen molar-refractivity contribution in [3.63, 3.8) is 0 Å². The Labute approximate surface area is 129 Å². The number of amides is 1. The Hall–Kier alpha value is -1.92. The lowest BCUT2D eigenvalue weighted by Crippen LogP contribution is -2.33. The van der Waals surface area contributed by atoms with E-state index in [0.29, 0.717) is 13.0 Å². The van der Waals surface area contributed by atoms with Gasteiger partial charge in [-0.1, -0.05) is 42.5 Å². The summed E-state index contributed by atoms with van der Waals surface area (Å²) < 4.78 is 22.7. The third-order valence-electron chi connectivity index (χ3n) is 4.13. The molecule has 2 aromatic rings. The van der Waals surface area contributed by atoms with E-state index in [4.69, 9.17) is 5.14 Å². The molecule has 22 heavy (non-hydrogen) atoms. The van der Waals surface area contributed by atoms with Crippen molar-refractivity contribution >= 4 is 26.7 Å². The van der Waals surface area contributed by atoms with E-state index in [1.54, 1.807) is 4.90 Å². The fourth-order valence-electron chi connectivity index (χ4n) is 2.83. The van der Waals surface area contributed by atoms with Crippen molar-refractivity contribution in [1.29, 1.82) is 0 Å². The summed E-state index contributed by atoms with van der Waals surface area (Å²) in [5, 5.41) is 6.70. The van der Waals surface area contributed by atoms with Gasteiger partial charge in [0.15, 0.2) is 0 Å². The van der Waals surface area contributed by atoms with Crippen molar-refractivity contribution in [3.05, 3.63) is 48.0 Å². The number of hydrogen-bond donors (Lipinski definition) is 1. The Morgan fingerprint density at radius 2 is 1.86 bits per heavy atom. The third-order valence-corrected chi connectivity index (χ3v) is 5.37. The number of hydrogen-bond acceptors (Lipinski definition) is 3. The molecule has 6 heteroatoms. The third kappa shape index (κ3) is 3.13. The van der Waals surface area contributed by atoms with E-state index in [1.165, 1.54) is 5.39 Å². The average molecular weight is 318 g/mol. The largest absolute Gasteiger partial charge is 0.341 e. The van der Waals surface area contributed by atoms with E-state index >= 15 is 0 Å². The minimum Gasteiger partial charge on any atom is -0.341 e. The Bertz CT molecular complexity index is 817. The van der Waals surface area contributed by atoms with Gasteiger partial charge in [-0.25, -0.2) is 13.6 Å². The van der Waals surface area contributed by atoms with Crippen LogP contribution in [0.5, 0.6) is 0 Å². The maximum atomic E-state index is 11.9. The molecule has 0 spiro atoms. The molecule has 0 aromatic heterocycles. The van der Waals surface area contributed by atoms with Crippen LogP contribution in [0.15, 0.2) is 42.5 Å². The van der Waals surface area contributed by atoms with Gasteiger partial charge in [-0.15, -0.1) is 0 Å². The predicted octanol–water partition coefficient (Wildman–Crippen LogP) is 1.27. The SMILES string of the molecule is NS(=O)(=O)C1CC(=O)N(CCc2ccc3ccccc3c2)C1. The van der Waals surface area contributed by atoms with Gasteiger partial charge in [0.05, 0.1) is 0 Å². The molecule has 1 amide bonds. The number of sulfonamides is 1. The second-order valence-electron chi connectivity index (χ2n) is 5.69. The summed E-state index contributed by atoms with van der Waals surface area (Å²) in [6.07, 6.45) is 0.699. The summed E-state index contributed by atoms with van der Waals surface area (Å²) in [6, 6.07) is 14.3. The molecule has 1 unspecified atom stereocenters. The monoisotopic (exact) mass is 318 g/mol. The van der Waals surface area contributed by atoms with E-state index < -0.39 is 15.3 Å². The van der Waals surface area contributed by atoms with Crippen molar-refractivity contribution in [2.45, 2.75) is 18.1 Å². The van der Waals surface area contributed by atoms with Crippen molar-refractivity contribution in [3.8, 4) is 0 Å². The average Bonchev–Trinajstić information content (AvgIpc) is 2.86. The normalized spacial score (nSPS) is 19.0.